The average molecular weight is 697 g/mol. The van der Waals surface area contributed by atoms with Gasteiger partial charge in [-0.3, -0.25) is 4.40 Å². The minimum absolute atomic E-state index is 0.998. The minimum Gasteiger partial charge on any atom is -0.292 e. The normalized spacial score (nSPS) is 12.0. The quantitative estimate of drug-likeness (QED) is 0.168. The molecule has 2 nitrogen and oxygen atoms in total. The third-order valence-electron chi connectivity index (χ3n) is 11.7. The number of aromatic nitrogens is 2. The second-order valence-corrected chi connectivity index (χ2v) is 14.7. The van der Waals surface area contributed by atoms with Gasteiger partial charge >= 0.3 is 0 Å². The summed E-state index contributed by atoms with van der Waals surface area (Å²) in [7, 11) is 0. The average Bonchev–Trinajstić information content (AvgIpc) is 3.66. The first-order chi connectivity index (χ1) is 27.3. The molecule has 0 N–H and O–H groups in total. The van der Waals surface area contributed by atoms with Gasteiger partial charge in [0.2, 0.25) is 0 Å². The number of nitrogens with zero attached hydrogens (tertiary/aromatic N) is 2. The predicted molar refractivity (Wildman–Crippen MR) is 234 cm³/mol. The van der Waals surface area contributed by atoms with Crippen molar-refractivity contribution < 1.29 is 0 Å². The van der Waals surface area contributed by atoms with Gasteiger partial charge < -0.3 is 0 Å². The smallest absolute Gasteiger partial charge is 0.146 e. The maximum absolute atomic E-state index is 5.10. The van der Waals surface area contributed by atoms with Crippen LogP contribution in [0, 0.1) is 0 Å². The molecule has 0 atom stereocenters. The van der Waals surface area contributed by atoms with Gasteiger partial charge in [0.1, 0.15) is 5.65 Å². The fraction of sp³-hybridized carbons (Fsp3) is 0. The van der Waals surface area contributed by atoms with Crippen LogP contribution in [0.1, 0.15) is 0 Å². The molecule has 0 unspecified atom stereocenters. The summed E-state index contributed by atoms with van der Waals surface area (Å²) in [6.45, 7) is 0. The monoisotopic (exact) mass is 696 g/mol. The van der Waals surface area contributed by atoms with Crippen LogP contribution in [0.25, 0.3) is 115 Å². The molecule has 0 aliphatic rings. The molecule has 2 aromatic heterocycles. The summed E-state index contributed by atoms with van der Waals surface area (Å²) in [5, 5.41) is 13.7. The molecule has 0 aliphatic carbocycles. The van der Waals surface area contributed by atoms with E-state index in [2.05, 4.69) is 199 Å². The number of benzene rings is 10. The summed E-state index contributed by atoms with van der Waals surface area (Å²) < 4.78 is 2.31. The van der Waals surface area contributed by atoms with Crippen molar-refractivity contribution in [2.24, 2.45) is 0 Å². The molecule has 0 amide bonds. The van der Waals surface area contributed by atoms with Gasteiger partial charge in [0.15, 0.2) is 0 Å². The highest BCUT2D eigenvalue weighted by atomic mass is 15.0. The van der Waals surface area contributed by atoms with Crippen LogP contribution in [-0.2, 0) is 0 Å². The van der Waals surface area contributed by atoms with E-state index in [-0.39, 0.29) is 0 Å². The number of rotatable bonds is 3. The van der Waals surface area contributed by atoms with Gasteiger partial charge in [-0.25, -0.2) is 4.98 Å². The Hall–Kier alpha value is -7.29. The molecule has 0 fully saturated rings. The largest absolute Gasteiger partial charge is 0.292 e. The second-order valence-electron chi connectivity index (χ2n) is 14.7. The van der Waals surface area contributed by atoms with Gasteiger partial charge in [-0.05, 0) is 136 Å². The third kappa shape index (κ3) is 4.52. The van der Waals surface area contributed by atoms with Crippen LogP contribution >= 0.6 is 0 Å². The molecule has 10 aromatic carbocycles. The maximum atomic E-state index is 5.10. The van der Waals surface area contributed by atoms with E-state index in [1.165, 1.54) is 92.8 Å². The maximum Gasteiger partial charge on any atom is 0.146 e. The molecule has 0 saturated heterocycles. The highest BCUT2D eigenvalue weighted by Gasteiger charge is 2.16. The summed E-state index contributed by atoms with van der Waals surface area (Å²) in [5.74, 6) is 0. The number of hydrogen-bond acceptors (Lipinski definition) is 1. The molecule has 2 heterocycles. The first-order valence-electron chi connectivity index (χ1n) is 19.0. The summed E-state index contributed by atoms with van der Waals surface area (Å²) in [5.41, 5.74) is 11.7. The van der Waals surface area contributed by atoms with Gasteiger partial charge in [-0.15, -0.1) is 0 Å². The lowest BCUT2D eigenvalue weighted by molar-refractivity contribution is 1.31. The first kappa shape index (κ1) is 30.2. The van der Waals surface area contributed by atoms with Gasteiger partial charge in [0, 0.05) is 10.8 Å². The van der Waals surface area contributed by atoms with Crippen LogP contribution in [0.2, 0.25) is 0 Å². The van der Waals surface area contributed by atoms with E-state index < -0.39 is 0 Å². The Labute approximate surface area is 317 Å². The zero-order chi connectivity index (χ0) is 36.0. The Morgan fingerprint density at radius 1 is 0.291 bits per heavy atom. The lowest BCUT2D eigenvalue weighted by Gasteiger charge is -2.16. The summed E-state index contributed by atoms with van der Waals surface area (Å²) >= 11 is 0. The van der Waals surface area contributed by atoms with Crippen molar-refractivity contribution >= 4 is 81.4 Å². The van der Waals surface area contributed by atoms with E-state index in [1.54, 1.807) is 0 Å². The van der Waals surface area contributed by atoms with Crippen molar-refractivity contribution in [3.63, 3.8) is 0 Å². The molecule has 55 heavy (non-hydrogen) atoms. The second kappa shape index (κ2) is 11.6. The molecular formula is C53H32N2. The van der Waals surface area contributed by atoms with Gasteiger partial charge in [-0.2, -0.15) is 0 Å². The zero-order valence-electron chi connectivity index (χ0n) is 29.9. The van der Waals surface area contributed by atoms with Gasteiger partial charge in [0.25, 0.3) is 0 Å². The van der Waals surface area contributed by atoms with Crippen molar-refractivity contribution in [2.75, 3.05) is 0 Å². The fourth-order valence-corrected chi connectivity index (χ4v) is 9.13. The number of pyridine rings is 1. The molecule has 2 heteroatoms. The van der Waals surface area contributed by atoms with Crippen LogP contribution in [0.5, 0.6) is 0 Å². The Bertz CT molecular complexity index is 3540. The van der Waals surface area contributed by atoms with E-state index in [0.29, 0.717) is 0 Å². The van der Waals surface area contributed by atoms with Gasteiger partial charge in [0.05, 0.1) is 16.6 Å². The van der Waals surface area contributed by atoms with E-state index >= 15 is 0 Å². The highest BCUT2D eigenvalue weighted by molar-refractivity contribution is 6.24. The van der Waals surface area contributed by atoms with E-state index in [0.717, 1.165) is 22.1 Å². The molecule has 12 rings (SSSR count). The van der Waals surface area contributed by atoms with Crippen molar-refractivity contribution in [3.8, 4) is 33.4 Å². The molecular weight excluding hydrogens is 665 g/mol. The number of imidazole rings is 1. The van der Waals surface area contributed by atoms with Crippen molar-refractivity contribution in [2.45, 2.75) is 0 Å². The number of fused-ring (bicyclic) bond motifs is 14. The van der Waals surface area contributed by atoms with Crippen LogP contribution in [0.3, 0.4) is 0 Å². The van der Waals surface area contributed by atoms with Crippen LogP contribution in [0.15, 0.2) is 194 Å². The predicted octanol–water partition coefficient (Wildman–Crippen LogP) is 14.4. The standard InChI is InChI=1S/C53H32N2/c1-2-12-33(13-3-1)45-31-48-42-17-7-5-15-40(42)46(32-49(48)41-16-6-4-14-39(41)45)38-25-24-34-28-35(22-23-36(34)29-38)37-26-27-44-47(30-37)43-18-8-10-20-51(43)55-52-21-11-9-19-50(52)54-53(44)55/h1-32H. The first-order valence-corrected chi connectivity index (χ1v) is 19.0. The zero-order valence-corrected chi connectivity index (χ0v) is 29.9. The molecule has 0 bridgehead atoms. The van der Waals surface area contributed by atoms with Crippen LogP contribution < -0.4 is 0 Å². The molecule has 0 spiro atoms. The third-order valence-corrected chi connectivity index (χ3v) is 11.7. The lowest BCUT2D eigenvalue weighted by Crippen LogP contribution is -1.92. The Morgan fingerprint density at radius 2 is 0.800 bits per heavy atom. The summed E-state index contributed by atoms with van der Waals surface area (Å²) in [6.07, 6.45) is 0. The Kier molecular flexibility index (Phi) is 6.37. The van der Waals surface area contributed by atoms with Crippen LogP contribution in [0.4, 0.5) is 0 Å². The molecule has 12 aromatic rings. The lowest BCUT2D eigenvalue weighted by atomic mass is 9.87. The topological polar surface area (TPSA) is 17.3 Å². The summed E-state index contributed by atoms with van der Waals surface area (Å²) in [4.78, 5) is 5.10. The van der Waals surface area contributed by atoms with Crippen molar-refractivity contribution in [3.05, 3.63) is 194 Å². The van der Waals surface area contributed by atoms with E-state index in [4.69, 9.17) is 4.98 Å². The van der Waals surface area contributed by atoms with E-state index in [1.807, 2.05) is 0 Å². The minimum atomic E-state index is 0.998. The highest BCUT2D eigenvalue weighted by Crippen LogP contribution is 2.43. The summed E-state index contributed by atoms with van der Waals surface area (Å²) in [6, 6.07) is 71.1. The molecule has 254 valence electrons. The number of para-hydroxylation sites is 3. The Morgan fingerprint density at radius 3 is 1.53 bits per heavy atom. The van der Waals surface area contributed by atoms with E-state index in [9.17, 15) is 0 Å². The molecule has 0 saturated carbocycles. The van der Waals surface area contributed by atoms with Crippen molar-refractivity contribution in [1.29, 1.82) is 0 Å². The van der Waals surface area contributed by atoms with Crippen molar-refractivity contribution in [1.82, 2.24) is 9.38 Å². The van der Waals surface area contributed by atoms with Gasteiger partial charge in [-0.1, -0.05) is 140 Å². The molecule has 0 aliphatic heterocycles. The SMILES string of the molecule is c1ccc(-c2cc3c4ccccc4c(-c4ccc5cc(-c6ccc7c(c6)c6ccccc6n6c8ccccc8nc76)ccc5c4)cc3c3ccccc23)cc1. The fourth-order valence-electron chi connectivity index (χ4n) is 9.13. The Balaban J connectivity index is 1.01. The number of hydrogen-bond donors (Lipinski definition) is 0. The molecule has 0 radical (unpaired) electrons. The van der Waals surface area contributed by atoms with Crippen LogP contribution in [-0.4, -0.2) is 9.38 Å².